The normalized spacial score (nSPS) is 13.7. The fourth-order valence-corrected chi connectivity index (χ4v) is 2.64. The lowest BCUT2D eigenvalue weighted by Crippen LogP contribution is -2.44. The smallest absolute Gasteiger partial charge is 0.308 e. The first-order valence-corrected chi connectivity index (χ1v) is 7.16. The van der Waals surface area contributed by atoms with E-state index in [2.05, 4.69) is 0 Å². The van der Waals surface area contributed by atoms with Crippen molar-refractivity contribution in [1.29, 1.82) is 0 Å². The molecule has 0 aliphatic heterocycles. The average Bonchev–Trinajstić information content (AvgIpc) is 2.46. The molecule has 116 valence electrons. The van der Waals surface area contributed by atoms with Crippen molar-refractivity contribution in [2.75, 3.05) is 0 Å². The Morgan fingerprint density at radius 3 is 2.38 bits per heavy atom. The summed E-state index contributed by atoms with van der Waals surface area (Å²) < 4.78 is 0. The molecule has 1 aromatic carbocycles. The van der Waals surface area contributed by atoms with Gasteiger partial charge >= 0.3 is 5.97 Å². The van der Waals surface area contributed by atoms with Crippen LogP contribution >= 0.6 is 0 Å². The van der Waals surface area contributed by atoms with Gasteiger partial charge in [-0.05, 0) is 30.7 Å². The highest BCUT2D eigenvalue weighted by molar-refractivity contribution is 5.71. The third-order valence-corrected chi connectivity index (χ3v) is 3.65. The van der Waals surface area contributed by atoms with E-state index in [9.17, 15) is 19.9 Å². The van der Waals surface area contributed by atoms with E-state index in [1.165, 1.54) is 0 Å². The van der Waals surface area contributed by atoms with Crippen LogP contribution in [0.1, 0.15) is 32.3 Å². The summed E-state index contributed by atoms with van der Waals surface area (Å²) in [6.45, 7) is 3.59. The molecule has 1 aromatic rings. The number of aliphatic carboxylic acids is 1. The van der Waals surface area contributed by atoms with Crippen molar-refractivity contribution in [1.82, 2.24) is 5.06 Å². The molecule has 0 aliphatic rings. The summed E-state index contributed by atoms with van der Waals surface area (Å²) in [6.07, 6.45) is 2.16. The zero-order valence-corrected chi connectivity index (χ0v) is 12.5. The number of hydrogen-bond acceptors (Lipinski definition) is 3. The molecule has 0 fully saturated rings. The minimum Gasteiger partial charge on any atom is -0.481 e. The molecule has 0 radical (unpaired) electrons. The van der Waals surface area contributed by atoms with E-state index in [1.54, 1.807) is 13.8 Å². The van der Waals surface area contributed by atoms with Crippen molar-refractivity contribution < 1.29 is 19.9 Å². The summed E-state index contributed by atoms with van der Waals surface area (Å²) in [5.41, 5.74) is 1.15. The Hall–Kier alpha value is -1.88. The second-order valence-corrected chi connectivity index (χ2v) is 5.54. The molecule has 0 heterocycles. The number of carbonyl (C=O) groups excluding carboxylic acids is 1. The molecular weight excluding hydrogens is 270 g/mol. The van der Waals surface area contributed by atoms with Gasteiger partial charge in [0.2, 0.25) is 6.41 Å². The van der Waals surface area contributed by atoms with Gasteiger partial charge in [-0.2, -0.15) is 0 Å². The fraction of sp³-hybridized carbons (Fsp3) is 0.500. The van der Waals surface area contributed by atoms with Crippen molar-refractivity contribution in [3.05, 3.63) is 35.9 Å². The van der Waals surface area contributed by atoms with Gasteiger partial charge in [-0.15, -0.1) is 0 Å². The van der Waals surface area contributed by atoms with Crippen molar-refractivity contribution in [3.63, 3.8) is 0 Å². The van der Waals surface area contributed by atoms with Crippen LogP contribution in [0.4, 0.5) is 0 Å². The van der Waals surface area contributed by atoms with E-state index in [1.807, 2.05) is 30.3 Å². The highest BCUT2D eigenvalue weighted by atomic mass is 16.5. The highest BCUT2D eigenvalue weighted by Crippen LogP contribution is 2.23. The van der Waals surface area contributed by atoms with Gasteiger partial charge in [0.25, 0.3) is 0 Å². The highest BCUT2D eigenvalue weighted by Gasteiger charge is 2.34. The van der Waals surface area contributed by atoms with Crippen molar-refractivity contribution in [2.45, 2.75) is 39.2 Å². The molecule has 5 nitrogen and oxygen atoms in total. The number of nitrogens with zero attached hydrogens (tertiary/aromatic N) is 1. The van der Waals surface area contributed by atoms with Gasteiger partial charge in [0.05, 0.1) is 12.0 Å². The maximum absolute atomic E-state index is 11.5. The van der Waals surface area contributed by atoms with Crippen LogP contribution < -0.4 is 0 Å². The molecule has 21 heavy (non-hydrogen) atoms. The SMILES string of the molecule is CC(C)C(C(CCCc1ccccc1)C(=O)O)N(O)C=O. The zero-order valence-electron chi connectivity index (χ0n) is 12.5. The van der Waals surface area contributed by atoms with Crippen LogP contribution in [0.15, 0.2) is 30.3 Å². The fourth-order valence-electron chi connectivity index (χ4n) is 2.64. The standard InChI is InChI=1S/C16H23NO4/c1-12(2)15(17(21)11-18)14(16(19)20)10-6-9-13-7-4-3-5-8-13/h3-5,7-8,11-12,14-15,21H,6,9-10H2,1-2H3,(H,19,20). The minimum absolute atomic E-state index is 0.141. The first kappa shape index (κ1) is 17.2. The summed E-state index contributed by atoms with van der Waals surface area (Å²) >= 11 is 0. The Kier molecular flexibility index (Phi) is 6.88. The van der Waals surface area contributed by atoms with Crippen LogP contribution in [0.25, 0.3) is 0 Å². The molecule has 1 rings (SSSR count). The average molecular weight is 293 g/mol. The first-order chi connectivity index (χ1) is 9.97. The van der Waals surface area contributed by atoms with Gasteiger partial charge in [-0.1, -0.05) is 44.2 Å². The lowest BCUT2D eigenvalue weighted by Gasteiger charge is -2.31. The van der Waals surface area contributed by atoms with Crippen LogP contribution in [0.3, 0.4) is 0 Å². The second kappa shape index (κ2) is 8.42. The zero-order chi connectivity index (χ0) is 15.8. The number of carbonyl (C=O) groups is 2. The minimum atomic E-state index is -0.984. The number of hydrogen-bond donors (Lipinski definition) is 2. The number of benzene rings is 1. The number of rotatable bonds is 9. The van der Waals surface area contributed by atoms with Crippen LogP contribution in [0, 0.1) is 11.8 Å². The Morgan fingerprint density at radius 2 is 1.90 bits per heavy atom. The lowest BCUT2D eigenvalue weighted by molar-refractivity contribution is -0.177. The monoisotopic (exact) mass is 293 g/mol. The van der Waals surface area contributed by atoms with Crippen molar-refractivity contribution >= 4 is 12.4 Å². The van der Waals surface area contributed by atoms with Crippen LogP contribution in [-0.2, 0) is 16.0 Å². The van der Waals surface area contributed by atoms with Crippen molar-refractivity contribution in [2.24, 2.45) is 11.8 Å². The molecule has 0 bridgehead atoms. The summed E-state index contributed by atoms with van der Waals surface area (Å²) in [7, 11) is 0. The molecule has 0 aliphatic carbocycles. The molecule has 0 saturated heterocycles. The maximum Gasteiger partial charge on any atom is 0.308 e. The predicted molar refractivity (Wildman–Crippen MR) is 78.8 cm³/mol. The Labute approximate surface area is 125 Å². The molecule has 0 aromatic heterocycles. The number of carboxylic acids is 1. The van der Waals surface area contributed by atoms with E-state index in [-0.39, 0.29) is 12.3 Å². The largest absolute Gasteiger partial charge is 0.481 e. The van der Waals surface area contributed by atoms with Gasteiger partial charge in [0.1, 0.15) is 0 Å². The van der Waals surface area contributed by atoms with E-state index in [0.29, 0.717) is 17.9 Å². The first-order valence-electron chi connectivity index (χ1n) is 7.16. The Morgan fingerprint density at radius 1 is 1.29 bits per heavy atom. The number of aryl methyl sites for hydroxylation is 1. The van der Waals surface area contributed by atoms with E-state index in [4.69, 9.17) is 0 Å². The van der Waals surface area contributed by atoms with Crippen LogP contribution in [-0.4, -0.2) is 33.8 Å². The second-order valence-electron chi connectivity index (χ2n) is 5.54. The molecule has 2 N–H and O–H groups in total. The van der Waals surface area contributed by atoms with Crippen molar-refractivity contribution in [3.8, 4) is 0 Å². The predicted octanol–water partition coefficient (Wildman–Crippen LogP) is 2.58. The molecular formula is C16H23NO4. The maximum atomic E-state index is 11.5. The summed E-state index contributed by atoms with van der Waals surface area (Å²) in [4.78, 5) is 22.2. The lowest BCUT2D eigenvalue weighted by atomic mass is 9.86. The Balaban J connectivity index is 2.68. The molecule has 1 amide bonds. The van der Waals surface area contributed by atoms with Gasteiger partial charge in [-0.25, -0.2) is 5.06 Å². The summed E-state index contributed by atoms with van der Waals surface area (Å²) in [5, 5.41) is 19.5. The number of amides is 1. The number of hydroxylamine groups is 2. The third-order valence-electron chi connectivity index (χ3n) is 3.65. The van der Waals surface area contributed by atoms with Crippen LogP contribution in [0.5, 0.6) is 0 Å². The van der Waals surface area contributed by atoms with E-state index < -0.39 is 17.9 Å². The van der Waals surface area contributed by atoms with Gasteiger partial charge in [0, 0.05) is 0 Å². The molecule has 2 unspecified atom stereocenters. The Bertz CT molecular complexity index is 447. The van der Waals surface area contributed by atoms with Crippen LogP contribution in [0.2, 0.25) is 0 Å². The molecule has 0 spiro atoms. The third kappa shape index (κ3) is 5.19. The molecule has 5 heteroatoms. The summed E-state index contributed by atoms with van der Waals surface area (Å²) in [5.74, 6) is -1.90. The van der Waals surface area contributed by atoms with Gasteiger partial charge in [-0.3, -0.25) is 14.8 Å². The number of carboxylic acid groups (broad SMARTS) is 1. The quantitative estimate of drug-likeness (QED) is 0.417. The van der Waals surface area contributed by atoms with Gasteiger partial charge in [0.15, 0.2) is 0 Å². The molecule has 2 atom stereocenters. The van der Waals surface area contributed by atoms with E-state index in [0.717, 1.165) is 12.0 Å². The molecule has 0 saturated carbocycles. The summed E-state index contributed by atoms with van der Waals surface area (Å²) in [6, 6.07) is 9.12. The topological polar surface area (TPSA) is 77.8 Å². The van der Waals surface area contributed by atoms with Gasteiger partial charge < -0.3 is 5.11 Å². The van der Waals surface area contributed by atoms with E-state index >= 15 is 0 Å².